The number of nitrogens with zero attached hydrogens (tertiary/aromatic N) is 2. The van der Waals surface area contributed by atoms with Crippen molar-refractivity contribution in [3.05, 3.63) is 94.3 Å². The van der Waals surface area contributed by atoms with E-state index in [1.807, 2.05) is 24.5 Å². The number of fused-ring (bicyclic) bond motifs is 2. The summed E-state index contributed by atoms with van der Waals surface area (Å²) in [4.78, 5) is 19.4. The molecule has 2 aliphatic rings. The zero-order valence-electron chi connectivity index (χ0n) is 18.3. The Balaban J connectivity index is 1.29. The van der Waals surface area contributed by atoms with E-state index >= 15 is 0 Å². The molecule has 1 fully saturated rings. The van der Waals surface area contributed by atoms with E-state index in [2.05, 4.69) is 9.88 Å². The molecule has 5 nitrogen and oxygen atoms in total. The molecule has 170 valence electrons. The molecule has 2 aliphatic heterocycles. The molecule has 0 radical (unpaired) electrons. The van der Waals surface area contributed by atoms with Crippen LogP contribution in [0.3, 0.4) is 0 Å². The number of hydrogen-bond acceptors (Lipinski definition) is 5. The van der Waals surface area contributed by atoms with E-state index in [0.717, 1.165) is 43.6 Å². The molecule has 0 atom stereocenters. The second-order valence-electron chi connectivity index (χ2n) is 8.58. The number of ketones is 1. The number of methoxy groups -OCH3 is 1. The van der Waals surface area contributed by atoms with Gasteiger partial charge in [-0.25, -0.2) is 8.78 Å². The van der Waals surface area contributed by atoms with Crippen molar-refractivity contribution in [2.24, 2.45) is 0 Å². The monoisotopic (exact) mass is 450 g/mol. The Morgan fingerprint density at radius 1 is 1.09 bits per heavy atom. The highest BCUT2D eigenvalue weighted by molar-refractivity contribution is 6.09. The summed E-state index contributed by atoms with van der Waals surface area (Å²) < 4.78 is 38.5. The minimum atomic E-state index is -1.04. The van der Waals surface area contributed by atoms with Gasteiger partial charge in [0.1, 0.15) is 5.75 Å². The first-order valence-corrected chi connectivity index (χ1v) is 11.0. The standard InChI is InChI=1S/C26H24F2N2O3/c1-32-24-13-18(25(31)17-4-5-22(27)23(28)12-17)2-3-19(24)15-30-10-7-26(8-11-30)21-14-29-9-6-20(21)16-33-26/h2-6,9,12-14H,7-8,10-11,15-16H2,1H3. The summed E-state index contributed by atoms with van der Waals surface area (Å²) in [5.74, 6) is -1.82. The predicted octanol–water partition coefficient (Wildman–Crippen LogP) is 4.62. The molecule has 0 bridgehead atoms. The summed E-state index contributed by atoms with van der Waals surface area (Å²) >= 11 is 0. The van der Waals surface area contributed by atoms with Gasteiger partial charge in [-0.3, -0.25) is 14.7 Å². The first kappa shape index (κ1) is 21.7. The van der Waals surface area contributed by atoms with Crippen LogP contribution >= 0.6 is 0 Å². The second kappa shape index (κ2) is 8.65. The lowest BCUT2D eigenvalue weighted by Crippen LogP contribution is -2.42. The number of carbonyl (C=O) groups is 1. The molecule has 5 rings (SSSR count). The zero-order valence-corrected chi connectivity index (χ0v) is 18.3. The molecule has 1 saturated heterocycles. The Kier molecular flexibility index (Phi) is 5.68. The Bertz CT molecular complexity index is 1210. The molecule has 1 spiro atoms. The van der Waals surface area contributed by atoms with Gasteiger partial charge in [0.05, 0.1) is 19.3 Å². The highest BCUT2D eigenvalue weighted by Gasteiger charge is 2.42. The fourth-order valence-electron chi connectivity index (χ4n) is 4.80. The topological polar surface area (TPSA) is 51.7 Å². The number of carbonyl (C=O) groups excluding carboxylic acids is 1. The largest absolute Gasteiger partial charge is 0.496 e. The summed E-state index contributed by atoms with van der Waals surface area (Å²) in [6.45, 7) is 3.05. The minimum Gasteiger partial charge on any atom is -0.496 e. The van der Waals surface area contributed by atoms with Crippen LogP contribution < -0.4 is 4.74 Å². The smallest absolute Gasteiger partial charge is 0.193 e. The Hall–Kier alpha value is -3.16. The first-order valence-electron chi connectivity index (χ1n) is 11.0. The van der Waals surface area contributed by atoms with Gasteiger partial charge in [0.15, 0.2) is 17.4 Å². The van der Waals surface area contributed by atoms with Crippen LogP contribution in [0.25, 0.3) is 0 Å². The fraction of sp³-hybridized carbons (Fsp3) is 0.308. The van der Waals surface area contributed by atoms with Crippen LogP contribution in [-0.4, -0.2) is 35.9 Å². The number of benzene rings is 2. The summed E-state index contributed by atoms with van der Waals surface area (Å²) in [6, 6.07) is 10.4. The molecular weight excluding hydrogens is 426 g/mol. The van der Waals surface area contributed by atoms with Crippen LogP contribution in [-0.2, 0) is 23.5 Å². The van der Waals surface area contributed by atoms with Crippen molar-refractivity contribution in [1.29, 1.82) is 0 Å². The normalized spacial score (nSPS) is 17.2. The van der Waals surface area contributed by atoms with Crippen LogP contribution in [0.15, 0.2) is 54.9 Å². The van der Waals surface area contributed by atoms with Crippen molar-refractivity contribution in [1.82, 2.24) is 9.88 Å². The summed E-state index contributed by atoms with van der Waals surface area (Å²) in [5.41, 5.74) is 3.61. The third-order valence-corrected chi connectivity index (χ3v) is 6.69. The second-order valence-corrected chi connectivity index (χ2v) is 8.58. The van der Waals surface area contributed by atoms with Crippen molar-refractivity contribution in [3.63, 3.8) is 0 Å². The van der Waals surface area contributed by atoms with Gasteiger partial charge in [0.2, 0.25) is 0 Å². The van der Waals surface area contributed by atoms with Gasteiger partial charge in [0.25, 0.3) is 0 Å². The number of ether oxygens (including phenoxy) is 2. The predicted molar refractivity (Wildman–Crippen MR) is 118 cm³/mol. The zero-order chi connectivity index (χ0) is 23.0. The maximum absolute atomic E-state index is 13.5. The third kappa shape index (κ3) is 4.03. The lowest BCUT2D eigenvalue weighted by molar-refractivity contribution is -0.0800. The van der Waals surface area contributed by atoms with Crippen molar-refractivity contribution in [3.8, 4) is 5.75 Å². The Labute approximate surface area is 191 Å². The number of rotatable bonds is 5. The maximum Gasteiger partial charge on any atom is 0.193 e. The van der Waals surface area contributed by atoms with E-state index in [9.17, 15) is 13.6 Å². The number of pyridine rings is 1. The van der Waals surface area contributed by atoms with Gasteiger partial charge in [-0.1, -0.05) is 12.1 Å². The number of piperidine rings is 1. The van der Waals surface area contributed by atoms with Crippen molar-refractivity contribution in [2.75, 3.05) is 20.2 Å². The summed E-state index contributed by atoms with van der Waals surface area (Å²) in [5, 5.41) is 0. The maximum atomic E-state index is 13.5. The third-order valence-electron chi connectivity index (χ3n) is 6.69. The van der Waals surface area contributed by atoms with E-state index in [4.69, 9.17) is 9.47 Å². The van der Waals surface area contributed by atoms with E-state index in [1.54, 1.807) is 19.2 Å². The molecule has 33 heavy (non-hydrogen) atoms. The van der Waals surface area contributed by atoms with Crippen LogP contribution in [0, 0.1) is 11.6 Å². The van der Waals surface area contributed by atoms with Crippen LogP contribution in [0.5, 0.6) is 5.75 Å². The lowest BCUT2D eigenvalue weighted by Gasteiger charge is -2.39. The molecule has 0 amide bonds. The molecular formula is C26H24F2N2O3. The molecule has 1 aromatic heterocycles. The van der Waals surface area contributed by atoms with E-state index in [0.29, 0.717) is 24.5 Å². The van der Waals surface area contributed by atoms with E-state index in [1.165, 1.54) is 17.2 Å². The average molecular weight is 450 g/mol. The Morgan fingerprint density at radius 2 is 1.85 bits per heavy atom. The molecule has 0 unspecified atom stereocenters. The van der Waals surface area contributed by atoms with Gasteiger partial charge in [-0.2, -0.15) is 0 Å². The molecule has 0 aliphatic carbocycles. The van der Waals surface area contributed by atoms with Gasteiger partial charge in [-0.05, 0) is 48.7 Å². The van der Waals surface area contributed by atoms with Crippen molar-refractivity contribution in [2.45, 2.75) is 31.6 Å². The van der Waals surface area contributed by atoms with Gasteiger partial charge in [0, 0.05) is 54.3 Å². The molecule has 7 heteroatoms. The molecule has 2 aromatic carbocycles. The van der Waals surface area contributed by atoms with Gasteiger partial charge < -0.3 is 9.47 Å². The lowest BCUT2D eigenvalue weighted by atomic mass is 9.84. The number of hydrogen-bond donors (Lipinski definition) is 0. The average Bonchev–Trinajstić information content (AvgIpc) is 3.20. The summed E-state index contributed by atoms with van der Waals surface area (Å²) in [6.07, 6.45) is 5.52. The molecule has 3 aromatic rings. The fourth-order valence-corrected chi connectivity index (χ4v) is 4.80. The van der Waals surface area contributed by atoms with Crippen LogP contribution in [0.4, 0.5) is 8.78 Å². The highest BCUT2D eigenvalue weighted by Crippen LogP contribution is 2.44. The SMILES string of the molecule is COc1cc(C(=O)c2ccc(F)c(F)c2)ccc1CN1CCC2(CC1)OCc1ccncc12. The van der Waals surface area contributed by atoms with E-state index in [-0.39, 0.29) is 16.9 Å². The first-order chi connectivity index (χ1) is 16.0. The number of aromatic nitrogens is 1. The van der Waals surface area contributed by atoms with Crippen molar-refractivity contribution >= 4 is 5.78 Å². The van der Waals surface area contributed by atoms with E-state index < -0.39 is 11.6 Å². The Morgan fingerprint density at radius 3 is 2.61 bits per heavy atom. The highest BCUT2D eigenvalue weighted by atomic mass is 19.2. The summed E-state index contributed by atoms with van der Waals surface area (Å²) in [7, 11) is 1.56. The van der Waals surface area contributed by atoms with Gasteiger partial charge in [-0.15, -0.1) is 0 Å². The minimum absolute atomic E-state index is 0.0939. The van der Waals surface area contributed by atoms with Crippen LogP contribution in [0.1, 0.15) is 45.5 Å². The quantitative estimate of drug-likeness (QED) is 0.531. The number of halogens is 2. The molecule has 0 saturated carbocycles. The van der Waals surface area contributed by atoms with Gasteiger partial charge >= 0.3 is 0 Å². The molecule has 3 heterocycles. The molecule has 0 N–H and O–H groups in total. The van der Waals surface area contributed by atoms with Crippen LogP contribution in [0.2, 0.25) is 0 Å². The van der Waals surface area contributed by atoms with Crippen molar-refractivity contribution < 1.29 is 23.0 Å². The number of likely N-dealkylation sites (tertiary alicyclic amines) is 1.